The molecular weight excluding hydrogens is 394 g/mol. The Bertz CT molecular complexity index is 906. The maximum atomic E-state index is 12.7. The fraction of sp³-hybridized carbons (Fsp3) is 0.524. The fourth-order valence-corrected chi connectivity index (χ4v) is 4.63. The minimum absolute atomic E-state index is 0.0161. The molecule has 2 aliphatic rings. The molecule has 1 saturated carbocycles. The van der Waals surface area contributed by atoms with E-state index in [1.165, 1.54) is 0 Å². The number of halogens is 1. The van der Waals surface area contributed by atoms with Gasteiger partial charge in [0.05, 0.1) is 12.1 Å². The van der Waals surface area contributed by atoms with Gasteiger partial charge in [0.1, 0.15) is 5.58 Å². The van der Waals surface area contributed by atoms with Gasteiger partial charge in [-0.3, -0.25) is 14.5 Å². The molecule has 1 aromatic heterocycles. The van der Waals surface area contributed by atoms with Crippen LogP contribution in [0.5, 0.6) is 0 Å². The molecule has 29 heavy (non-hydrogen) atoms. The Balaban J connectivity index is 1.40. The molecule has 2 N–H and O–H groups in total. The van der Waals surface area contributed by atoms with Crippen molar-refractivity contribution in [1.82, 2.24) is 15.1 Å². The maximum absolute atomic E-state index is 12.7. The lowest BCUT2D eigenvalue weighted by atomic mass is 9.86. The molecule has 0 radical (unpaired) electrons. The molecule has 1 aliphatic heterocycles. The highest BCUT2D eigenvalue weighted by atomic mass is 35.5. The molecule has 156 valence electrons. The van der Waals surface area contributed by atoms with Crippen LogP contribution in [0.1, 0.15) is 36.7 Å². The van der Waals surface area contributed by atoms with Gasteiger partial charge in [-0.15, -0.1) is 0 Å². The minimum atomic E-state index is -0.657. The smallest absolute Gasteiger partial charge is 0.287 e. The molecule has 1 aromatic carbocycles. The lowest BCUT2D eigenvalue weighted by molar-refractivity contribution is -0.131. The van der Waals surface area contributed by atoms with E-state index >= 15 is 0 Å². The van der Waals surface area contributed by atoms with Crippen molar-refractivity contribution in [2.75, 3.05) is 26.2 Å². The third-order valence-electron chi connectivity index (χ3n) is 6.07. The van der Waals surface area contributed by atoms with E-state index in [1.54, 1.807) is 31.2 Å². The van der Waals surface area contributed by atoms with E-state index in [4.69, 9.17) is 16.0 Å². The van der Waals surface area contributed by atoms with Gasteiger partial charge >= 0.3 is 0 Å². The first kappa shape index (κ1) is 20.2. The third kappa shape index (κ3) is 4.27. The first-order chi connectivity index (χ1) is 13.9. The molecule has 4 rings (SSSR count). The van der Waals surface area contributed by atoms with E-state index in [0.29, 0.717) is 23.7 Å². The zero-order chi connectivity index (χ0) is 20.5. The largest absolute Gasteiger partial charge is 0.451 e. The monoisotopic (exact) mass is 419 g/mol. The van der Waals surface area contributed by atoms with Crippen LogP contribution in [0.3, 0.4) is 0 Å². The van der Waals surface area contributed by atoms with Crippen molar-refractivity contribution in [3.8, 4) is 0 Å². The van der Waals surface area contributed by atoms with Crippen LogP contribution in [0, 0.1) is 0 Å². The molecule has 2 heterocycles. The van der Waals surface area contributed by atoms with Crippen LogP contribution in [0.2, 0.25) is 5.02 Å². The Hall–Kier alpha value is -2.09. The summed E-state index contributed by atoms with van der Waals surface area (Å²) in [5.74, 6) is -0.0267. The number of rotatable bonds is 3. The Labute approximate surface area is 174 Å². The predicted molar refractivity (Wildman–Crippen MR) is 110 cm³/mol. The number of carbonyl (C=O) groups is 2. The van der Waals surface area contributed by atoms with Gasteiger partial charge in [0.25, 0.3) is 5.91 Å². The highest BCUT2D eigenvalue weighted by Gasteiger charge is 2.37. The average molecular weight is 420 g/mol. The number of furan rings is 1. The molecule has 2 aromatic rings. The lowest BCUT2D eigenvalue weighted by Gasteiger charge is -2.44. The maximum Gasteiger partial charge on any atom is 0.287 e. The molecule has 3 atom stereocenters. The second kappa shape index (κ2) is 8.34. The molecule has 0 spiro atoms. The number of amides is 2. The predicted octanol–water partition coefficient (Wildman–Crippen LogP) is 2.26. The van der Waals surface area contributed by atoms with E-state index in [9.17, 15) is 14.7 Å². The Morgan fingerprint density at radius 3 is 2.66 bits per heavy atom. The van der Waals surface area contributed by atoms with E-state index < -0.39 is 6.10 Å². The van der Waals surface area contributed by atoms with E-state index in [2.05, 4.69) is 10.2 Å². The number of nitrogens with one attached hydrogen (secondary N) is 1. The van der Waals surface area contributed by atoms with Crippen LogP contribution in [0.4, 0.5) is 0 Å². The Morgan fingerprint density at radius 1 is 1.17 bits per heavy atom. The number of nitrogens with zero attached hydrogens (tertiary/aromatic N) is 2. The van der Waals surface area contributed by atoms with Gasteiger partial charge in [-0.25, -0.2) is 0 Å². The Morgan fingerprint density at radius 2 is 1.93 bits per heavy atom. The fourth-order valence-electron chi connectivity index (χ4n) is 4.45. The van der Waals surface area contributed by atoms with Crippen molar-refractivity contribution in [1.29, 1.82) is 0 Å². The summed E-state index contributed by atoms with van der Waals surface area (Å²) in [5, 5.41) is 15.2. The van der Waals surface area contributed by atoms with Gasteiger partial charge in [-0.2, -0.15) is 0 Å². The number of hydrogen-bond donors (Lipinski definition) is 2. The number of aliphatic hydroxyl groups is 1. The number of carbonyl (C=O) groups excluding carboxylic acids is 2. The number of aliphatic hydroxyl groups excluding tert-OH is 1. The van der Waals surface area contributed by atoms with Crippen molar-refractivity contribution in [2.45, 2.75) is 44.4 Å². The standard InChI is InChI=1S/C21H26ClN3O4/c1-13(26)24-7-9-25(10-8-24)17-4-2-3-16(20(17)27)23-21(28)19-12-14-11-15(22)5-6-18(14)29-19/h5-6,11-12,16-17,20,27H,2-4,7-10H2,1H3,(H,23,28)/t16-,17-,20-/m1/s1. The zero-order valence-corrected chi connectivity index (χ0v) is 17.2. The van der Waals surface area contributed by atoms with Gasteiger partial charge < -0.3 is 19.7 Å². The third-order valence-corrected chi connectivity index (χ3v) is 6.30. The van der Waals surface area contributed by atoms with E-state index in [0.717, 1.165) is 37.7 Å². The molecule has 7 nitrogen and oxygen atoms in total. The zero-order valence-electron chi connectivity index (χ0n) is 16.4. The SMILES string of the molecule is CC(=O)N1CCN([C@@H]2CCC[C@@H](NC(=O)c3cc4cc(Cl)ccc4o3)[C@H]2O)CC1. The summed E-state index contributed by atoms with van der Waals surface area (Å²) in [6, 6.07) is 6.53. The van der Waals surface area contributed by atoms with Crippen LogP contribution in [-0.2, 0) is 4.79 Å². The first-order valence-corrected chi connectivity index (χ1v) is 10.5. The lowest BCUT2D eigenvalue weighted by Crippen LogP contribution is -2.60. The number of fused-ring (bicyclic) bond motifs is 1. The van der Waals surface area contributed by atoms with Crippen LogP contribution in [0.25, 0.3) is 11.0 Å². The van der Waals surface area contributed by atoms with Crippen molar-refractivity contribution < 1.29 is 19.1 Å². The second-order valence-electron chi connectivity index (χ2n) is 7.90. The van der Waals surface area contributed by atoms with E-state index in [-0.39, 0.29) is 29.7 Å². The molecule has 0 bridgehead atoms. The van der Waals surface area contributed by atoms with Crippen LogP contribution in [0.15, 0.2) is 28.7 Å². The number of hydrogen-bond acceptors (Lipinski definition) is 5. The molecule has 2 amide bonds. The van der Waals surface area contributed by atoms with Gasteiger partial charge in [0.15, 0.2) is 5.76 Å². The molecule has 1 aliphatic carbocycles. The normalized spacial score (nSPS) is 25.9. The summed E-state index contributed by atoms with van der Waals surface area (Å²) >= 11 is 6.00. The van der Waals surface area contributed by atoms with Crippen LogP contribution >= 0.6 is 11.6 Å². The summed E-state index contributed by atoms with van der Waals surface area (Å²) in [7, 11) is 0. The molecular formula is C21H26ClN3O4. The van der Waals surface area contributed by atoms with Crippen molar-refractivity contribution in [2.24, 2.45) is 0 Å². The highest BCUT2D eigenvalue weighted by molar-refractivity contribution is 6.31. The minimum Gasteiger partial charge on any atom is -0.451 e. The van der Waals surface area contributed by atoms with Gasteiger partial charge in [0, 0.05) is 49.6 Å². The van der Waals surface area contributed by atoms with Gasteiger partial charge in [-0.1, -0.05) is 11.6 Å². The molecule has 8 heteroatoms. The van der Waals surface area contributed by atoms with Crippen molar-refractivity contribution in [3.63, 3.8) is 0 Å². The summed E-state index contributed by atoms with van der Waals surface area (Å²) in [6.07, 6.45) is 1.88. The second-order valence-corrected chi connectivity index (χ2v) is 8.34. The topological polar surface area (TPSA) is 86.0 Å². The van der Waals surface area contributed by atoms with Gasteiger partial charge in [0.2, 0.25) is 5.91 Å². The first-order valence-electron chi connectivity index (χ1n) is 10.1. The van der Waals surface area contributed by atoms with Gasteiger partial charge in [-0.05, 0) is 43.5 Å². The quantitative estimate of drug-likeness (QED) is 0.797. The number of benzene rings is 1. The molecule has 1 saturated heterocycles. The van der Waals surface area contributed by atoms with E-state index in [1.807, 2.05) is 4.90 Å². The van der Waals surface area contributed by atoms with Crippen LogP contribution in [-0.4, -0.2) is 71.1 Å². The summed E-state index contributed by atoms with van der Waals surface area (Å²) < 4.78 is 5.64. The summed E-state index contributed by atoms with van der Waals surface area (Å²) in [5.41, 5.74) is 0.602. The Kier molecular flexibility index (Phi) is 5.81. The van der Waals surface area contributed by atoms with Crippen LogP contribution < -0.4 is 5.32 Å². The average Bonchev–Trinajstić information content (AvgIpc) is 3.13. The van der Waals surface area contributed by atoms with Crippen molar-refractivity contribution >= 4 is 34.4 Å². The molecule has 0 unspecified atom stereocenters. The van der Waals surface area contributed by atoms with Crippen molar-refractivity contribution in [3.05, 3.63) is 35.0 Å². The highest BCUT2D eigenvalue weighted by Crippen LogP contribution is 2.27. The number of piperazine rings is 1. The summed E-state index contributed by atoms with van der Waals surface area (Å²) in [6.45, 7) is 4.43. The summed E-state index contributed by atoms with van der Waals surface area (Å²) in [4.78, 5) is 28.3. The molecule has 2 fully saturated rings.